The number of amides is 1. The molecule has 3 nitrogen and oxygen atoms in total. The molecule has 1 aromatic carbocycles. The molecule has 0 bridgehead atoms. The van der Waals surface area contributed by atoms with Crippen molar-refractivity contribution in [2.75, 3.05) is 0 Å². The van der Waals surface area contributed by atoms with Gasteiger partial charge in [-0.05, 0) is 30.7 Å². The lowest BCUT2D eigenvalue weighted by atomic mass is 10.1. The molecule has 1 aromatic heterocycles. The maximum Gasteiger partial charge on any atom is 0.251 e. The van der Waals surface area contributed by atoms with Gasteiger partial charge in [-0.15, -0.1) is 0 Å². The molecule has 0 aliphatic rings. The van der Waals surface area contributed by atoms with Crippen molar-refractivity contribution >= 4 is 5.91 Å². The normalized spacial score (nSPS) is 10.1. The smallest absolute Gasteiger partial charge is 0.251 e. The van der Waals surface area contributed by atoms with Gasteiger partial charge in [0.1, 0.15) is 0 Å². The molecule has 82 valence electrons. The predicted molar refractivity (Wildman–Crippen MR) is 63.1 cm³/mol. The summed E-state index contributed by atoms with van der Waals surface area (Å²) in [5, 5.41) is 2.86. The van der Waals surface area contributed by atoms with E-state index in [1.54, 1.807) is 0 Å². The van der Waals surface area contributed by atoms with E-state index in [0.717, 1.165) is 11.1 Å². The second kappa shape index (κ2) is 4.66. The van der Waals surface area contributed by atoms with Crippen molar-refractivity contribution in [1.82, 2.24) is 10.3 Å². The lowest BCUT2D eigenvalue weighted by molar-refractivity contribution is 0.0951. The highest BCUT2D eigenvalue weighted by atomic mass is 16.1. The molecule has 0 saturated carbocycles. The molecule has 2 N–H and O–H groups in total. The lowest BCUT2D eigenvalue weighted by Crippen LogP contribution is -2.22. The molecule has 16 heavy (non-hydrogen) atoms. The first-order valence-corrected chi connectivity index (χ1v) is 5.22. The summed E-state index contributed by atoms with van der Waals surface area (Å²) in [7, 11) is 0. The Morgan fingerprint density at radius 3 is 2.62 bits per heavy atom. The number of nitrogens with one attached hydrogen (secondary N) is 2. The molecule has 0 fully saturated rings. The fraction of sp³-hybridized carbons (Fsp3) is 0.154. The van der Waals surface area contributed by atoms with Gasteiger partial charge in [0.05, 0.1) is 0 Å². The second-order valence-electron chi connectivity index (χ2n) is 3.77. The third-order valence-electron chi connectivity index (χ3n) is 2.43. The van der Waals surface area contributed by atoms with Crippen LogP contribution in [0.25, 0.3) is 0 Å². The average molecular weight is 214 g/mol. The maximum atomic E-state index is 11.7. The van der Waals surface area contributed by atoms with E-state index in [9.17, 15) is 4.79 Å². The summed E-state index contributed by atoms with van der Waals surface area (Å²) in [5.41, 5.74) is 2.92. The summed E-state index contributed by atoms with van der Waals surface area (Å²) in [5.74, 6) is -0.0406. The Balaban J connectivity index is 1.95. The number of carbonyl (C=O) groups excluding carboxylic acids is 1. The SMILES string of the molecule is Cc1ccc(C(=O)NCc2cc[nH]c2)cc1. The van der Waals surface area contributed by atoms with Crippen molar-refractivity contribution < 1.29 is 4.79 Å². The van der Waals surface area contributed by atoms with E-state index >= 15 is 0 Å². The third kappa shape index (κ3) is 2.51. The molecule has 2 rings (SSSR count). The standard InChI is InChI=1S/C13H14N2O/c1-10-2-4-12(5-3-10)13(16)15-9-11-6-7-14-8-11/h2-8,14H,9H2,1H3,(H,15,16). The van der Waals surface area contributed by atoms with Crippen LogP contribution in [0, 0.1) is 6.92 Å². The first-order valence-electron chi connectivity index (χ1n) is 5.22. The molecule has 2 aromatic rings. The van der Waals surface area contributed by atoms with Gasteiger partial charge in [-0.1, -0.05) is 17.7 Å². The lowest BCUT2D eigenvalue weighted by Gasteiger charge is -2.03. The molecule has 3 heteroatoms. The number of aromatic amines is 1. The van der Waals surface area contributed by atoms with Gasteiger partial charge in [0.2, 0.25) is 0 Å². The molecule has 0 unspecified atom stereocenters. The van der Waals surface area contributed by atoms with E-state index in [2.05, 4.69) is 10.3 Å². The highest BCUT2D eigenvalue weighted by molar-refractivity contribution is 5.94. The van der Waals surface area contributed by atoms with E-state index in [4.69, 9.17) is 0 Å². The number of rotatable bonds is 3. The number of H-pyrrole nitrogens is 1. The van der Waals surface area contributed by atoms with Crippen LogP contribution in [0.3, 0.4) is 0 Å². The quantitative estimate of drug-likeness (QED) is 0.808. The summed E-state index contributed by atoms with van der Waals surface area (Å²) < 4.78 is 0. The number of aromatic nitrogens is 1. The minimum absolute atomic E-state index is 0.0406. The van der Waals surface area contributed by atoms with Crippen molar-refractivity contribution in [3.05, 3.63) is 59.4 Å². The van der Waals surface area contributed by atoms with Gasteiger partial charge < -0.3 is 10.3 Å². The summed E-state index contributed by atoms with van der Waals surface area (Å²) in [6.07, 6.45) is 3.71. The van der Waals surface area contributed by atoms with Gasteiger partial charge in [0.15, 0.2) is 0 Å². The van der Waals surface area contributed by atoms with Crippen LogP contribution in [0.4, 0.5) is 0 Å². The van der Waals surface area contributed by atoms with Gasteiger partial charge in [-0.3, -0.25) is 4.79 Å². The minimum Gasteiger partial charge on any atom is -0.367 e. The molecule has 0 aliphatic carbocycles. The Labute approximate surface area is 94.5 Å². The van der Waals surface area contributed by atoms with E-state index < -0.39 is 0 Å². The molecular formula is C13H14N2O. The molecule has 0 atom stereocenters. The molecule has 0 saturated heterocycles. The molecular weight excluding hydrogens is 200 g/mol. The molecule has 1 amide bonds. The monoisotopic (exact) mass is 214 g/mol. The number of benzene rings is 1. The highest BCUT2D eigenvalue weighted by Gasteiger charge is 2.04. The number of hydrogen-bond acceptors (Lipinski definition) is 1. The fourth-order valence-corrected chi connectivity index (χ4v) is 1.46. The topological polar surface area (TPSA) is 44.9 Å². The van der Waals surface area contributed by atoms with Gasteiger partial charge in [-0.25, -0.2) is 0 Å². The molecule has 0 spiro atoms. The van der Waals surface area contributed by atoms with E-state index in [-0.39, 0.29) is 5.91 Å². The zero-order valence-corrected chi connectivity index (χ0v) is 9.16. The summed E-state index contributed by atoms with van der Waals surface area (Å²) >= 11 is 0. The Hall–Kier alpha value is -2.03. The van der Waals surface area contributed by atoms with Crippen molar-refractivity contribution in [3.63, 3.8) is 0 Å². The van der Waals surface area contributed by atoms with Crippen molar-refractivity contribution in [3.8, 4) is 0 Å². The van der Waals surface area contributed by atoms with Gasteiger partial charge in [0, 0.05) is 24.5 Å². The number of hydrogen-bond donors (Lipinski definition) is 2. The van der Waals surface area contributed by atoms with Crippen LogP contribution in [-0.4, -0.2) is 10.9 Å². The highest BCUT2D eigenvalue weighted by Crippen LogP contribution is 2.03. The Kier molecular flexibility index (Phi) is 3.05. The van der Waals surface area contributed by atoms with Crippen molar-refractivity contribution in [1.29, 1.82) is 0 Å². The Morgan fingerprint density at radius 1 is 1.25 bits per heavy atom. The molecule has 1 heterocycles. The number of carbonyl (C=O) groups is 1. The summed E-state index contributed by atoms with van der Waals surface area (Å²) in [6.45, 7) is 2.55. The maximum absolute atomic E-state index is 11.7. The van der Waals surface area contributed by atoms with Crippen LogP contribution >= 0.6 is 0 Å². The van der Waals surface area contributed by atoms with Gasteiger partial charge in [0.25, 0.3) is 5.91 Å². The van der Waals surface area contributed by atoms with Crippen molar-refractivity contribution in [2.45, 2.75) is 13.5 Å². The first kappa shape index (κ1) is 10.5. The third-order valence-corrected chi connectivity index (χ3v) is 2.43. The van der Waals surface area contributed by atoms with Gasteiger partial charge in [-0.2, -0.15) is 0 Å². The van der Waals surface area contributed by atoms with Crippen LogP contribution in [0.1, 0.15) is 21.5 Å². The second-order valence-corrected chi connectivity index (χ2v) is 3.77. The Bertz CT molecular complexity index is 457. The molecule has 0 aliphatic heterocycles. The zero-order valence-electron chi connectivity index (χ0n) is 9.16. The van der Waals surface area contributed by atoms with Crippen molar-refractivity contribution in [2.24, 2.45) is 0 Å². The van der Waals surface area contributed by atoms with Crippen LogP contribution < -0.4 is 5.32 Å². The zero-order chi connectivity index (χ0) is 11.4. The fourth-order valence-electron chi connectivity index (χ4n) is 1.46. The van der Waals surface area contributed by atoms with Crippen LogP contribution in [0.15, 0.2) is 42.7 Å². The average Bonchev–Trinajstić information content (AvgIpc) is 2.80. The van der Waals surface area contributed by atoms with Crippen LogP contribution in [-0.2, 0) is 6.54 Å². The summed E-state index contributed by atoms with van der Waals surface area (Å²) in [6, 6.07) is 9.48. The Morgan fingerprint density at radius 2 is 2.00 bits per heavy atom. The van der Waals surface area contributed by atoms with E-state index in [0.29, 0.717) is 12.1 Å². The van der Waals surface area contributed by atoms with Crippen LogP contribution in [0.5, 0.6) is 0 Å². The van der Waals surface area contributed by atoms with E-state index in [1.807, 2.05) is 49.6 Å². The minimum atomic E-state index is -0.0406. The summed E-state index contributed by atoms with van der Waals surface area (Å²) in [4.78, 5) is 14.7. The number of aryl methyl sites for hydroxylation is 1. The predicted octanol–water partition coefficient (Wildman–Crippen LogP) is 2.25. The van der Waals surface area contributed by atoms with E-state index in [1.165, 1.54) is 0 Å². The first-order chi connectivity index (χ1) is 7.75. The van der Waals surface area contributed by atoms with Crippen LogP contribution in [0.2, 0.25) is 0 Å². The van der Waals surface area contributed by atoms with Gasteiger partial charge >= 0.3 is 0 Å². The molecule has 0 radical (unpaired) electrons. The largest absolute Gasteiger partial charge is 0.367 e.